The molecule has 1 N–H and O–H groups in total. The van der Waals surface area contributed by atoms with Gasteiger partial charge in [0.1, 0.15) is 5.82 Å². The zero-order valence-electron chi connectivity index (χ0n) is 10.9. The lowest BCUT2D eigenvalue weighted by atomic mass is 9.91. The second kappa shape index (κ2) is 5.36. The maximum atomic E-state index is 10.1. The normalized spacial score (nSPS) is 23.4. The van der Waals surface area contributed by atoms with Crippen molar-refractivity contribution in [3.05, 3.63) is 23.4 Å². The van der Waals surface area contributed by atoms with Crippen molar-refractivity contribution in [2.24, 2.45) is 0 Å². The maximum absolute atomic E-state index is 10.1. The number of hydrogen-bond donors (Lipinski definition) is 1. The first-order chi connectivity index (χ1) is 8.61. The third-order valence-electron chi connectivity index (χ3n) is 3.62. The Morgan fingerprint density at radius 1 is 1.39 bits per heavy atom. The summed E-state index contributed by atoms with van der Waals surface area (Å²) >= 11 is 0. The van der Waals surface area contributed by atoms with Gasteiger partial charge in [0.25, 0.3) is 0 Å². The van der Waals surface area contributed by atoms with Crippen LogP contribution in [-0.4, -0.2) is 29.3 Å². The highest BCUT2D eigenvalue weighted by molar-refractivity contribution is 5.47. The van der Waals surface area contributed by atoms with E-state index in [-0.39, 0.29) is 12.1 Å². The van der Waals surface area contributed by atoms with Crippen molar-refractivity contribution in [1.29, 1.82) is 5.26 Å². The Kier molecular flexibility index (Phi) is 3.83. The van der Waals surface area contributed by atoms with Gasteiger partial charge in [0.15, 0.2) is 0 Å². The highest BCUT2D eigenvalue weighted by atomic mass is 16.3. The highest BCUT2D eigenvalue weighted by Crippen LogP contribution is 2.26. The van der Waals surface area contributed by atoms with Gasteiger partial charge in [-0.05, 0) is 31.9 Å². The van der Waals surface area contributed by atoms with E-state index in [1.54, 1.807) is 12.1 Å². The molecule has 0 saturated heterocycles. The summed E-state index contributed by atoms with van der Waals surface area (Å²) in [6, 6.07) is 5.82. The topological polar surface area (TPSA) is 60.2 Å². The van der Waals surface area contributed by atoms with Gasteiger partial charge in [0, 0.05) is 12.7 Å². The van der Waals surface area contributed by atoms with E-state index in [1.165, 1.54) is 0 Å². The number of pyridine rings is 1. The molecule has 1 heterocycles. The van der Waals surface area contributed by atoms with Crippen LogP contribution in [0, 0.1) is 18.3 Å². The molecule has 0 amide bonds. The second-order valence-electron chi connectivity index (χ2n) is 5.00. The quantitative estimate of drug-likeness (QED) is 0.865. The maximum Gasteiger partial charge on any atom is 0.130 e. The number of hydrogen-bond acceptors (Lipinski definition) is 4. The van der Waals surface area contributed by atoms with Gasteiger partial charge < -0.3 is 10.0 Å². The van der Waals surface area contributed by atoms with E-state index in [9.17, 15) is 5.11 Å². The molecule has 4 heteroatoms. The van der Waals surface area contributed by atoms with Gasteiger partial charge in [0.2, 0.25) is 0 Å². The molecule has 1 fully saturated rings. The van der Waals surface area contributed by atoms with Crippen LogP contribution in [0.4, 0.5) is 5.82 Å². The minimum absolute atomic E-state index is 0.111. The number of aryl methyl sites for hydroxylation is 1. The molecule has 2 atom stereocenters. The van der Waals surface area contributed by atoms with Gasteiger partial charge >= 0.3 is 0 Å². The molecule has 4 nitrogen and oxygen atoms in total. The van der Waals surface area contributed by atoms with Crippen molar-refractivity contribution in [1.82, 2.24) is 4.98 Å². The van der Waals surface area contributed by atoms with Crippen molar-refractivity contribution in [2.45, 2.75) is 44.8 Å². The van der Waals surface area contributed by atoms with Crippen LogP contribution in [0.2, 0.25) is 0 Å². The molecule has 0 bridgehead atoms. The molecule has 0 aromatic carbocycles. The number of rotatable bonds is 2. The Hall–Kier alpha value is -1.60. The molecule has 1 aliphatic carbocycles. The van der Waals surface area contributed by atoms with E-state index in [4.69, 9.17) is 5.26 Å². The van der Waals surface area contributed by atoms with E-state index in [2.05, 4.69) is 11.1 Å². The lowest BCUT2D eigenvalue weighted by Crippen LogP contribution is -2.43. The standard InChI is InChI=1S/C14H19N3O/c1-10-7-11(9-15)8-14(16-10)17(2)12-5-3-4-6-13(12)18/h7-8,12-13,18H,3-6H2,1-2H3. The minimum Gasteiger partial charge on any atom is -0.391 e. The van der Waals surface area contributed by atoms with Gasteiger partial charge in [-0.1, -0.05) is 12.8 Å². The monoisotopic (exact) mass is 245 g/mol. The van der Waals surface area contributed by atoms with Gasteiger partial charge in [-0.2, -0.15) is 5.26 Å². The fourth-order valence-corrected chi connectivity index (χ4v) is 2.61. The smallest absolute Gasteiger partial charge is 0.130 e. The molecule has 0 radical (unpaired) electrons. The van der Waals surface area contributed by atoms with Crippen LogP contribution in [0.5, 0.6) is 0 Å². The average Bonchev–Trinajstić information content (AvgIpc) is 2.37. The summed E-state index contributed by atoms with van der Waals surface area (Å²) in [4.78, 5) is 6.47. The van der Waals surface area contributed by atoms with E-state index in [1.807, 2.05) is 18.9 Å². The molecular weight excluding hydrogens is 226 g/mol. The molecule has 2 rings (SSSR count). The average molecular weight is 245 g/mol. The summed E-state index contributed by atoms with van der Waals surface area (Å²) in [6.07, 6.45) is 3.77. The number of nitriles is 1. The van der Waals surface area contributed by atoms with E-state index < -0.39 is 0 Å². The van der Waals surface area contributed by atoms with Gasteiger partial charge in [0.05, 0.1) is 23.8 Å². The predicted molar refractivity (Wildman–Crippen MR) is 70.4 cm³/mol. The Morgan fingerprint density at radius 2 is 2.11 bits per heavy atom. The fourth-order valence-electron chi connectivity index (χ4n) is 2.61. The van der Waals surface area contributed by atoms with Crippen LogP contribution in [0.1, 0.15) is 36.9 Å². The van der Waals surface area contributed by atoms with E-state index in [0.717, 1.165) is 37.2 Å². The number of aliphatic hydroxyl groups excluding tert-OH is 1. The summed E-state index contributed by atoms with van der Waals surface area (Å²) in [6.45, 7) is 1.88. The summed E-state index contributed by atoms with van der Waals surface area (Å²) < 4.78 is 0. The molecule has 0 spiro atoms. The molecular formula is C14H19N3O. The third kappa shape index (κ3) is 2.62. The summed E-state index contributed by atoms with van der Waals surface area (Å²) in [5.41, 5.74) is 1.45. The van der Waals surface area contributed by atoms with Crippen molar-refractivity contribution in [2.75, 3.05) is 11.9 Å². The largest absolute Gasteiger partial charge is 0.391 e. The number of aliphatic hydroxyl groups is 1. The lowest BCUT2D eigenvalue weighted by molar-refractivity contribution is 0.106. The first-order valence-corrected chi connectivity index (χ1v) is 6.41. The number of nitrogens with zero attached hydrogens (tertiary/aromatic N) is 3. The summed E-state index contributed by atoms with van der Waals surface area (Å²) in [5.74, 6) is 0.775. The molecule has 1 aliphatic rings. The summed E-state index contributed by atoms with van der Waals surface area (Å²) in [7, 11) is 1.95. The Bertz CT molecular complexity index is 467. The van der Waals surface area contributed by atoms with Gasteiger partial charge in [-0.15, -0.1) is 0 Å². The highest BCUT2D eigenvalue weighted by Gasteiger charge is 2.27. The van der Waals surface area contributed by atoms with Crippen molar-refractivity contribution in [3.63, 3.8) is 0 Å². The SMILES string of the molecule is Cc1cc(C#N)cc(N(C)C2CCCCC2O)n1. The predicted octanol–water partition coefficient (Wildman–Crippen LogP) is 2.00. The fraction of sp³-hybridized carbons (Fsp3) is 0.571. The van der Waals surface area contributed by atoms with Crippen LogP contribution in [0.15, 0.2) is 12.1 Å². The molecule has 1 aromatic rings. The minimum atomic E-state index is -0.295. The number of anilines is 1. The summed E-state index contributed by atoms with van der Waals surface area (Å²) in [5, 5.41) is 19.0. The van der Waals surface area contributed by atoms with E-state index in [0.29, 0.717) is 5.56 Å². The first-order valence-electron chi connectivity index (χ1n) is 6.41. The zero-order valence-corrected chi connectivity index (χ0v) is 10.9. The number of likely N-dealkylation sites (N-methyl/N-ethyl adjacent to an activating group) is 1. The van der Waals surface area contributed by atoms with Crippen molar-refractivity contribution >= 4 is 5.82 Å². The molecule has 18 heavy (non-hydrogen) atoms. The van der Waals surface area contributed by atoms with Crippen molar-refractivity contribution < 1.29 is 5.11 Å². The second-order valence-corrected chi connectivity index (χ2v) is 5.00. The van der Waals surface area contributed by atoms with Crippen LogP contribution in [0.3, 0.4) is 0 Å². The van der Waals surface area contributed by atoms with E-state index >= 15 is 0 Å². The van der Waals surface area contributed by atoms with Gasteiger partial charge in [-0.25, -0.2) is 4.98 Å². The molecule has 2 unspecified atom stereocenters. The van der Waals surface area contributed by atoms with Crippen molar-refractivity contribution in [3.8, 4) is 6.07 Å². The Labute approximate surface area is 108 Å². The Morgan fingerprint density at radius 3 is 2.78 bits per heavy atom. The molecule has 0 aliphatic heterocycles. The molecule has 1 aromatic heterocycles. The van der Waals surface area contributed by atoms with Crippen LogP contribution < -0.4 is 4.90 Å². The number of aromatic nitrogens is 1. The Balaban J connectivity index is 2.25. The third-order valence-corrected chi connectivity index (χ3v) is 3.62. The lowest BCUT2D eigenvalue weighted by Gasteiger charge is -2.36. The zero-order chi connectivity index (χ0) is 13.1. The van der Waals surface area contributed by atoms with Crippen LogP contribution in [-0.2, 0) is 0 Å². The van der Waals surface area contributed by atoms with Crippen LogP contribution in [0.25, 0.3) is 0 Å². The van der Waals surface area contributed by atoms with Gasteiger partial charge in [-0.3, -0.25) is 0 Å². The molecule has 1 saturated carbocycles. The first kappa shape index (κ1) is 12.8. The van der Waals surface area contributed by atoms with Crippen LogP contribution >= 0.6 is 0 Å². The molecule has 96 valence electrons.